The van der Waals surface area contributed by atoms with Crippen LogP contribution in [0.1, 0.15) is 53.7 Å². The third-order valence-corrected chi connectivity index (χ3v) is 3.68. The van der Waals surface area contributed by atoms with Crippen molar-refractivity contribution in [1.82, 2.24) is 15.5 Å². The number of carbonyl (C=O) groups is 1. The number of amides is 1. The van der Waals surface area contributed by atoms with Gasteiger partial charge in [-0.05, 0) is 31.0 Å². The summed E-state index contributed by atoms with van der Waals surface area (Å²) in [6, 6.07) is 5.54. The van der Waals surface area contributed by atoms with Gasteiger partial charge >= 0.3 is 0 Å². The Labute approximate surface area is 121 Å². The van der Waals surface area contributed by atoms with Gasteiger partial charge in [-0.3, -0.25) is 4.79 Å². The van der Waals surface area contributed by atoms with Crippen LogP contribution >= 0.6 is 0 Å². The lowest BCUT2D eigenvalue weighted by Gasteiger charge is -2.02. The van der Waals surface area contributed by atoms with Crippen molar-refractivity contribution in [3.63, 3.8) is 0 Å². The van der Waals surface area contributed by atoms with E-state index in [2.05, 4.69) is 15.5 Å². The van der Waals surface area contributed by atoms with Crippen LogP contribution in [0.4, 0.5) is 4.39 Å². The van der Waals surface area contributed by atoms with Gasteiger partial charge in [0.25, 0.3) is 5.91 Å². The summed E-state index contributed by atoms with van der Waals surface area (Å²) in [6.07, 6.45) is 4.55. The molecular weight excluding hydrogens is 273 g/mol. The molecule has 1 N–H and O–H groups in total. The monoisotopic (exact) mass is 289 g/mol. The van der Waals surface area contributed by atoms with Crippen LogP contribution in [0.2, 0.25) is 0 Å². The lowest BCUT2D eigenvalue weighted by molar-refractivity contribution is 0.0949. The second-order valence-corrected chi connectivity index (χ2v) is 5.22. The van der Waals surface area contributed by atoms with Crippen molar-refractivity contribution in [2.75, 3.05) is 0 Å². The Hall–Kier alpha value is -2.24. The third-order valence-electron chi connectivity index (χ3n) is 3.68. The Balaban J connectivity index is 1.58. The minimum absolute atomic E-state index is 0.172. The number of nitrogens with one attached hydrogen (secondary N) is 1. The van der Waals surface area contributed by atoms with E-state index >= 15 is 0 Å². The van der Waals surface area contributed by atoms with Crippen LogP contribution in [0.3, 0.4) is 0 Å². The summed E-state index contributed by atoms with van der Waals surface area (Å²) < 4.78 is 18.3. The second-order valence-electron chi connectivity index (χ2n) is 5.22. The molecule has 1 aliphatic carbocycles. The summed E-state index contributed by atoms with van der Waals surface area (Å²) in [5.74, 6) is 0.654. The summed E-state index contributed by atoms with van der Waals surface area (Å²) in [5.41, 5.74) is 0.273. The Morgan fingerprint density at radius 1 is 1.38 bits per heavy atom. The first-order chi connectivity index (χ1) is 10.2. The largest absolute Gasteiger partial charge is 0.345 e. The SMILES string of the molecule is O=C(NCc1noc(C2CCCC2)n1)c1cccc(F)c1. The minimum Gasteiger partial charge on any atom is -0.345 e. The predicted octanol–water partition coefficient (Wildman–Crippen LogP) is 2.80. The summed E-state index contributed by atoms with van der Waals surface area (Å²) in [7, 11) is 0. The van der Waals surface area contributed by atoms with E-state index in [0.29, 0.717) is 17.6 Å². The molecule has 2 aromatic rings. The topological polar surface area (TPSA) is 68.0 Å². The molecule has 21 heavy (non-hydrogen) atoms. The number of hydrogen-bond donors (Lipinski definition) is 1. The lowest BCUT2D eigenvalue weighted by Crippen LogP contribution is -2.23. The minimum atomic E-state index is -0.439. The van der Waals surface area contributed by atoms with Gasteiger partial charge in [0.1, 0.15) is 5.82 Å². The maximum Gasteiger partial charge on any atom is 0.251 e. The Bertz CT molecular complexity index is 635. The molecule has 1 aromatic heterocycles. The second kappa shape index (κ2) is 6.03. The van der Waals surface area contributed by atoms with Crippen molar-refractivity contribution < 1.29 is 13.7 Å². The molecule has 3 rings (SSSR count). The molecule has 0 aliphatic heterocycles. The summed E-state index contributed by atoms with van der Waals surface area (Å²) in [5, 5.41) is 6.52. The molecule has 1 fully saturated rings. The highest BCUT2D eigenvalue weighted by Gasteiger charge is 2.23. The van der Waals surface area contributed by atoms with Gasteiger partial charge in [-0.15, -0.1) is 0 Å². The van der Waals surface area contributed by atoms with Crippen molar-refractivity contribution in [2.45, 2.75) is 38.1 Å². The molecule has 0 atom stereocenters. The highest BCUT2D eigenvalue weighted by Crippen LogP contribution is 2.32. The zero-order valence-corrected chi connectivity index (χ0v) is 11.5. The van der Waals surface area contributed by atoms with E-state index in [0.717, 1.165) is 12.8 Å². The van der Waals surface area contributed by atoms with Crippen LogP contribution in [0.25, 0.3) is 0 Å². The van der Waals surface area contributed by atoms with E-state index in [1.54, 1.807) is 6.07 Å². The first-order valence-electron chi connectivity index (χ1n) is 7.08. The fourth-order valence-electron chi connectivity index (χ4n) is 2.57. The fourth-order valence-corrected chi connectivity index (χ4v) is 2.57. The standard InChI is InChI=1S/C15H16FN3O2/c16-12-7-3-6-11(8-12)14(20)17-9-13-18-15(21-19-13)10-4-1-2-5-10/h3,6-8,10H,1-2,4-5,9H2,(H,17,20). The zero-order valence-electron chi connectivity index (χ0n) is 11.5. The van der Waals surface area contributed by atoms with Crippen LogP contribution in [-0.2, 0) is 6.54 Å². The smallest absolute Gasteiger partial charge is 0.251 e. The van der Waals surface area contributed by atoms with Crippen molar-refractivity contribution in [2.24, 2.45) is 0 Å². The zero-order chi connectivity index (χ0) is 14.7. The Morgan fingerprint density at radius 3 is 2.95 bits per heavy atom. The highest BCUT2D eigenvalue weighted by molar-refractivity contribution is 5.94. The van der Waals surface area contributed by atoms with Gasteiger partial charge < -0.3 is 9.84 Å². The quantitative estimate of drug-likeness (QED) is 0.939. The van der Waals surface area contributed by atoms with E-state index in [1.165, 1.54) is 31.0 Å². The predicted molar refractivity (Wildman–Crippen MR) is 73.1 cm³/mol. The Morgan fingerprint density at radius 2 is 2.19 bits per heavy atom. The third kappa shape index (κ3) is 3.26. The van der Waals surface area contributed by atoms with Gasteiger partial charge in [-0.25, -0.2) is 4.39 Å². The number of benzene rings is 1. The molecule has 1 amide bonds. The molecule has 1 saturated carbocycles. The van der Waals surface area contributed by atoms with Crippen LogP contribution in [0.15, 0.2) is 28.8 Å². The van der Waals surface area contributed by atoms with Crippen molar-refractivity contribution in [3.05, 3.63) is 47.4 Å². The number of hydrogen-bond acceptors (Lipinski definition) is 4. The number of rotatable bonds is 4. The maximum atomic E-state index is 13.0. The van der Waals surface area contributed by atoms with Crippen molar-refractivity contribution in [1.29, 1.82) is 0 Å². The maximum absolute atomic E-state index is 13.0. The van der Waals surface area contributed by atoms with E-state index < -0.39 is 5.82 Å². The van der Waals surface area contributed by atoms with Crippen molar-refractivity contribution in [3.8, 4) is 0 Å². The summed E-state index contributed by atoms with van der Waals surface area (Å²) >= 11 is 0. The van der Waals surface area contributed by atoms with Gasteiger partial charge in [0.2, 0.25) is 5.89 Å². The number of carbonyl (C=O) groups excluding carboxylic acids is 1. The molecule has 110 valence electrons. The molecule has 0 bridgehead atoms. The Kier molecular flexibility index (Phi) is 3.94. The van der Waals surface area contributed by atoms with E-state index in [-0.39, 0.29) is 18.0 Å². The van der Waals surface area contributed by atoms with Gasteiger partial charge in [0.15, 0.2) is 5.82 Å². The van der Waals surface area contributed by atoms with Gasteiger partial charge in [0, 0.05) is 11.5 Å². The molecule has 1 aliphatic rings. The van der Waals surface area contributed by atoms with Gasteiger partial charge in [-0.1, -0.05) is 24.1 Å². The average Bonchev–Trinajstić information content (AvgIpc) is 3.15. The van der Waals surface area contributed by atoms with Crippen LogP contribution in [0.5, 0.6) is 0 Å². The normalized spacial score (nSPS) is 15.3. The number of nitrogens with zero attached hydrogens (tertiary/aromatic N) is 2. The van der Waals surface area contributed by atoms with Crippen LogP contribution in [0, 0.1) is 5.82 Å². The summed E-state index contributed by atoms with van der Waals surface area (Å²) in [4.78, 5) is 16.2. The number of aromatic nitrogens is 2. The van der Waals surface area contributed by atoms with Gasteiger partial charge in [-0.2, -0.15) is 4.98 Å². The van der Waals surface area contributed by atoms with Crippen molar-refractivity contribution >= 4 is 5.91 Å². The first kappa shape index (κ1) is 13.7. The molecule has 0 saturated heterocycles. The molecule has 0 radical (unpaired) electrons. The van der Waals surface area contributed by atoms with E-state index in [1.807, 2.05) is 0 Å². The van der Waals surface area contributed by atoms with Gasteiger partial charge in [0.05, 0.1) is 6.54 Å². The highest BCUT2D eigenvalue weighted by atomic mass is 19.1. The molecule has 5 nitrogen and oxygen atoms in total. The molecule has 0 unspecified atom stereocenters. The van der Waals surface area contributed by atoms with Crippen LogP contribution < -0.4 is 5.32 Å². The number of halogens is 1. The molecular formula is C15H16FN3O2. The lowest BCUT2D eigenvalue weighted by atomic mass is 10.1. The average molecular weight is 289 g/mol. The van der Waals surface area contributed by atoms with E-state index in [9.17, 15) is 9.18 Å². The first-order valence-corrected chi connectivity index (χ1v) is 7.08. The fraction of sp³-hybridized carbons (Fsp3) is 0.400. The van der Waals surface area contributed by atoms with Crippen LogP contribution in [-0.4, -0.2) is 16.0 Å². The van der Waals surface area contributed by atoms with E-state index in [4.69, 9.17) is 4.52 Å². The molecule has 0 spiro atoms. The molecule has 6 heteroatoms. The molecule has 1 heterocycles. The summed E-state index contributed by atoms with van der Waals surface area (Å²) in [6.45, 7) is 0.172. The molecule has 1 aromatic carbocycles.